The summed E-state index contributed by atoms with van der Waals surface area (Å²) in [6.45, 7) is 6.25. The molecule has 0 aliphatic heterocycles. The molecule has 7 heteroatoms. The van der Waals surface area contributed by atoms with Crippen LogP contribution in [0.1, 0.15) is 40.5 Å². The van der Waals surface area contributed by atoms with Crippen LogP contribution in [0, 0.1) is 5.92 Å². The molecule has 3 amide bonds. The molecular weight excluding hydrogens is 262 g/mol. The quantitative estimate of drug-likeness (QED) is 0.556. The third-order valence-electron chi connectivity index (χ3n) is 2.75. The second kappa shape index (κ2) is 8.29. The van der Waals surface area contributed by atoms with E-state index in [0.717, 1.165) is 0 Å². The molecule has 0 saturated carbocycles. The minimum atomic E-state index is -0.915. The van der Waals surface area contributed by atoms with Crippen molar-refractivity contribution in [3.63, 3.8) is 0 Å². The predicted octanol–water partition coefficient (Wildman–Crippen LogP) is -0.514. The molecule has 0 unspecified atom stereocenters. The minimum Gasteiger partial charge on any atom is -0.368 e. The van der Waals surface area contributed by atoms with E-state index in [4.69, 9.17) is 5.73 Å². The van der Waals surface area contributed by atoms with Crippen LogP contribution in [-0.2, 0) is 19.2 Å². The second-order valence-corrected chi connectivity index (χ2v) is 5.13. The highest BCUT2D eigenvalue weighted by molar-refractivity contribution is 5.91. The molecule has 0 heterocycles. The summed E-state index contributed by atoms with van der Waals surface area (Å²) in [7, 11) is 0. The number of primary amides is 1. The van der Waals surface area contributed by atoms with Gasteiger partial charge in [-0.2, -0.15) is 0 Å². The number of carbonyl (C=O) groups excluding carboxylic acids is 4. The van der Waals surface area contributed by atoms with Crippen LogP contribution < -0.4 is 16.4 Å². The zero-order valence-corrected chi connectivity index (χ0v) is 12.4. The monoisotopic (exact) mass is 285 g/mol. The lowest BCUT2D eigenvalue weighted by atomic mass is 10.0. The van der Waals surface area contributed by atoms with Crippen LogP contribution in [0.3, 0.4) is 0 Å². The maximum Gasteiger partial charge on any atom is 0.243 e. The van der Waals surface area contributed by atoms with Crippen molar-refractivity contribution < 1.29 is 19.2 Å². The molecule has 7 nitrogen and oxygen atoms in total. The van der Waals surface area contributed by atoms with Gasteiger partial charge in [-0.05, 0) is 19.3 Å². The Morgan fingerprint density at radius 3 is 1.95 bits per heavy atom. The molecule has 0 bridgehead atoms. The van der Waals surface area contributed by atoms with Gasteiger partial charge in [0.1, 0.15) is 17.9 Å². The molecule has 0 fully saturated rings. The highest BCUT2D eigenvalue weighted by atomic mass is 16.2. The van der Waals surface area contributed by atoms with Gasteiger partial charge >= 0.3 is 0 Å². The van der Waals surface area contributed by atoms with Gasteiger partial charge in [-0.15, -0.1) is 0 Å². The molecule has 0 spiro atoms. The van der Waals surface area contributed by atoms with E-state index < -0.39 is 23.9 Å². The molecule has 114 valence electrons. The Morgan fingerprint density at radius 1 is 1.05 bits per heavy atom. The van der Waals surface area contributed by atoms with E-state index in [9.17, 15) is 19.2 Å². The highest BCUT2D eigenvalue weighted by Gasteiger charge is 2.27. The second-order valence-electron chi connectivity index (χ2n) is 5.13. The number of carbonyl (C=O) groups is 4. The molecule has 0 aliphatic carbocycles. The Kier molecular flexibility index (Phi) is 7.49. The standard InChI is InChI=1S/C13H23N3O4/c1-7(2)11(15-9(4)18)13(20)16-10(12(14)19)6-5-8(3)17/h7,10-11H,5-6H2,1-4H3,(H2,14,19)(H,15,18)(H,16,20)/t10-,11+/m0/s1. The highest BCUT2D eigenvalue weighted by Crippen LogP contribution is 2.04. The predicted molar refractivity (Wildman–Crippen MR) is 73.5 cm³/mol. The summed E-state index contributed by atoms with van der Waals surface area (Å²) < 4.78 is 0. The van der Waals surface area contributed by atoms with Gasteiger partial charge in [-0.25, -0.2) is 0 Å². The molecule has 20 heavy (non-hydrogen) atoms. The number of rotatable bonds is 8. The van der Waals surface area contributed by atoms with Crippen molar-refractivity contribution in [3.05, 3.63) is 0 Å². The molecule has 2 atom stereocenters. The molecule has 0 aromatic carbocycles. The van der Waals surface area contributed by atoms with Gasteiger partial charge in [0, 0.05) is 13.3 Å². The van der Waals surface area contributed by atoms with Crippen LogP contribution >= 0.6 is 0 Å². The lowest BCUT2D eigenvalue weighted by Crippen LogP contribution is -2.54. The number of Topliss-reactive ketones (excluding diaryl/α,β-unsaturated/α-hetero) is 1. The van der Waals surface area contributed by atoms with Crippen LogP contribution in [0.25, 0.3) is 0 Å². The fourth-order valence-corrected chi connectivity index (χ4v) is 1.65. The van der Waals surface area contributed by atoms with E-state index in [1.807, 2.05) is 0 Å². The van der Waals surface area contributed by atoms with Crippen molar-refractivity contribution in [3.8, 4) is 0 Å². The zero-order valence-electron chi connectivity index (χ0n) is 12.4. The minimum absolute atomic E-state index is 0.0900. The smallest absolute Gasteiger partial charge is 0.243 e. The van der Waals surface area contributed by atoms with E-state index in [0.29, 0.717) is 0 Å². The molecule has 4 N–H and O–H groups in total. The average molecular weight is 285 g/mol. The van der Waals surface area contributed by atoms with Gasteiger partial charge in [-0.3, -0.25) is 14.4 Å². The summed E-state index contributed by atoms with van der Waals surface area (Å²) in [6.07, 6.45) is 0.307. The third-order valence-corrected chi connectivity index (χ3v) is 2.75. The fraction of sp³-hybridized carbons (Fsp3) is 0.692. The molecule has 0 radical (unpaired) electrons. The summed E-state index contributed by atoms with van der Waals surface area (Å²) in [6, 6.07) is -1.66. The largest absolute Gasteiger partial charge is 0.368 e. The maximum absolute atomic E-state index is 12.1. The Bertz CT molecular complexity index is 393. The van der Waals surface area contributed by atoms with Gasteiger partial charge in [0.15, 0.2) is 0 Å². The molecular formula is C13H23N3O4. The Balaban J connectivity index is 4.74. The van der Waals surface area contributed by atoms with Crippen LogP contribution in [-0.4, -0.2) is 35.6 Å². The summed E-state index contributed by atoms with van der Waals surface area (Å²) in [5, 5.41) is 5.00. The number of nitrogens with two attached hydrogens (primary N) is 1. The van der Waals surface area contributed by atoms with Gasteiger partial charge < -0.3 is 21.2 Å². The first kappa shape index (κ1) is 18.1. The third kappa shape index (κ3) is 6.86. The van der Waals surface area contributed by atoms with Crippen LogP contribution in [0.15, 0.2) is 0 Å². The van der Waals surface area contributed by atoms with E-state index in [1.54, 1.807) is 13.8 Å². The average Bonchev–Trinajstić information content (AvgIpc) is 2.29. The van der Waals surface area contributed by atoms with Crippen molar-refractivity contribution in [2.75, 3.05) is 0 Å². The summed E-state index contributed by atoms with van der Waals surface area (Å²) >= 11 is 0. The zero-order chi connectivity index (χ0) is 15.9. The summed E-state index contributed by atoms with van der Waals surface area (Å²) in [5.41, 5.74) is 5.20. The summed E-state index contributed by atoms with van der Waals surface area (Å²) in [4.78, 5) is 45.3. The van der Waals surface area contributed by atoms with E-state index in [2.05, 4.69) is 10.6 Å². The van der Waals surface area contributed by atoms with Gasteiger partial charge in [-0.1, -0.05) is 13.8 Å². The van der Waals surface area contributed by atoms with E-state index in [-0.39, 0.29) is 30.4 Å². The van der Waals surface area contributed by atoms with Crippen molar-refractivity contribution in [1.82, 2.24) is 10.6 Å². The first-order valence-corrected chi connectivity index (χ1v) is 6.51. The SMILES string of the molecule is CC(=O)CC[C@H](NC(=O)[C@H](NC(C)=O)C(C)C)C(N)=O. The van der Waals surface area contributed by atoms with E-state index in [1.165, 1.54) is 13.8 Å². The van der Waals surface area contributed by atoms with Gasteiger partial charge in [0.2, 0.25) is 17.7 Å². The van der Waals surface area contributed by atoms with Crippen molar-refractivity contribution >= 4 is 23.5 Å². The van der Waals surface area contributed by atoms with Gasteiger partial charge in [0.05, 0.1) is 0 Å². The lowest BCUT2D eigenvalue weighted by Gasteiger charge is -2.23. The summed E-state index contributed by atoms with van der Waals surface area (Å²) in [5.74, 6) is -1.75. The molecule has 0 aliphatic rings. The first-order valence-electron chi connectivity index (χ1n) is 6.51. The molecule has 0 rings (SSSR count). The molecule has 0 aromatic heterocycles. The normalized spacial score (nSPS) is 13.4. The van der Waals surface area contributed by atoms with Crippen LogP contribution in [0.5, 0.6) is 0 Å². The number of amides is 3. The fourth-order valence-electron chi connectivity index (χ4n) is 1.65. The maximum atomic E-state index is 12.1. The van der Waals surface area contributed by atoms with E-state index >= 15 is 0 Å². The number of hydrogen-bond donors (Lipinski definition) is 3. The van der Waals surface area contributed by atoms with Crippen molar-refractivity contribution in [2.24, 2.45) is 11.7 Å². The number of ketones is 1. The molecule has 0 aromatic rings. The Morgan fingerprint density at radius 2 is 1.60 bits per heavy atom. The number of hydrogen-bond acceptors (Lipinski definition) is 4. The topological polar surface area (TPSA) is 118 Å². The van der Waals surface area contributed by atoms with Crippen LogP contribution in [0.4, 0.5) is 0 Å². The Labute approximate surface area is 118 Å². The van der Waals surface area contributed by atoms with Crippen LogP contribution in [0.2, 0.25) is 0 Å². The van der Waals surface area contributed by atoms with Crippen molar-refractivity contribution in [1.29, 1.82) is 0 Å². The van der Waals surface area contributed by atoms with Gasteiger partial charge in [0.25, 0.3) is 0 Å². The first-order chi connectivity index (χ1) is 9.15. The molecule has 0 saturated heterocycles. The number of nitrogens with one attached hydrogen (secondary N) is 2. The van der Waals surface area contributed by atoms with Crippen molar-refractivity contribution in [2.45, 2.75) is 52.6 Å². The lowest BCUT2D eigenvalue weighted by molar-refractivity contribution is -0.132. The Hall–Kier alpha value is -1.92.